The fourth-order valence-corrected chi connectivity index (χ4v) is 3.04. The highest BCUT2D eigenvalue weighted by molar-refractivity contribution is 7.99. The minimum absolute atomic E-state index is 0.546. The Labute approximate surface area is 99.6 Å². The summed E-state index contributed by atoms with van der Waals surface area (Å²) in [6.45, 7) is 0. The van der Waals surface area contributed by atoms with Crippen LogP contribution in [0.5, 0.6) is 0 Å². The Morgan fingerprint density at radius 1 is 1.47 bits per heavy atom. The molecule has 0 bridgehead atoms. The Hall–Kier alpha value is -0.540. The summed E-state index contributed by atoms with van der Waals surface area (Å²) in [5.41, 5.74) is 7.35. The summed E-state index contributed by atoms with van der Waals surface area (Å²) in [6, 6.07) is 6.17. The topological polar surface area (TPSA) is 38.0 Å². The number of nitrogens with two attached hydrogens (primary N) is 1. The number of nitrogens with one attached hydrogen (secondary N) is 1. The van der Waals surface area contributed by atoms with Gasteiger partial charge in [0.05, 0.1) is 10.7 Å². The van der Waals surface area contributed by atoms with Crippen molar-refractivity contribution in [3.8, 4) is 0 Å². The van der Waals surface area contributed by atoms with Crippen LogP contribution < -0.4 is 11.1 Å². The number of thioether (sulfide) groups is 1. The molecule has 1 heterocycles. The summed E-state index contributed by atoms with van der Waals surface area (Å²) < 4.78 is 0. The lowest BCUT2D eigenvalue weighted by Gasteiger charge is -2.24. The molecule has 0 saturated carbocycles. The van der Waals surface area contributed by atoms with Crippen molar-refractivity contribution in [3.05, 3.63) is 23.2 Å². The second-order valence-electron chi connectivity index (χ2n) is 3.80. The normalized spacial score (nSPS) is 21.3. The van der Waals surface area contributed by atoms with Crippen LogP contribution in [0.3, 0.4) is 0 Å². The molecule has 3 N–H and O–H groups in total. The van der Waals surface area contributed by atoms with E-state index in [1.807, 2.05) is 23.9 Å². The molecule has 1 saturated heterocycles. The van der Waals surface area contributed by atoms with Crippen LogP contribution in [-0.4, -0.2) is 17.5 Å². The molecular formula is C11H15ClN2S. The molecule has 2 rings (SSSR count). The first-order chi connectivity index (χ1) is 7.25. The molecule has 4 heteroatoms. The molecule has 1 aromatic carbocycles. The van der Waals surface area contributed by atoms with Crippen LogP contribution in [0.15, 0.2) is 18.2 Å². The second kappa shape index (κ2) is 4.99. The third-order valence-corrected chi connectivity index (χ3v) is 4.04. The number of hydrogen-bond acceptors (Lipinski definition) is 3. The van der Waals surface area contributed by atoms with Crippen molar-refractivity contribution in [3.63, 3.8) is 0 Å². The number of halogens is 1. The minimum atomic E-state index is 0.546. The minimum Gasteiger partial charge on any atom is -0.399 e. The summed E-state index contributed by atoms with van der Waals surface area (Å²) in [5.74, 6) is 2.45. The van der Waals surface area contributed by atoms with Crippen molar-refractivity contribution in [2.75, 3.05) is 22.6 Å². The van der Waals surface area contributed by atoms with E-state index in [-0.39, 0.29) is 0 Å². The van der Waals surface area contributed by atoms with Crippen molar-refractivity contribution < 1.29 is 0 Å². The number of anilines is 2. The molecule has 0 radical (unpaired) electrons. The molecular weight excluding hydrogens is 228 g/mol. The molecule has 2 nitrogen and oxygen atoms in total. The lowest BCUT2D eigenvalue weighted by molar-refractivity contribution is 0.685. The van der Waals surface area contributed by atoms with Crippen LogP contribution >= 0.6 is 23.4 Å². The van der Waals surface area contributed by atoms with E-state index in [9.17, 15) is 0 Å². The van der Waals surface area contributed by atoms with Crippen LogP contribution in [0.2, 0.25) is 5.02 Å². The molecule has 15 heavy (non-hydrogen) atoms. The van der Waals surface area contributed by atoms with Gasteiger partial charge >= 0.3 is 0 Å². The van der Waals surface area contributed by atoms with Gasteiger partial charge in [0.25, 0.3) is 0 Å². The lowest BCUT2D eigenvalue weighted by atomic mass is 10.1. The second-order valence-corrected chi connectivity index (χ2v) is 5.35. The monoisotopic (exact) mass is 242 g/mol. The summed E-state index contributed by atoms with van der Waals surface area (Å²) in [5, 5.41) is 4.18. The standard InChI is InChI=1S/C11H15ClN2S/c12-10-6-8(13)3-4-11(10)14-9-2-1-5-15-7-9/h3-4,6,9,14H,1-2,5,7,13H2. The highest BCUT2D eigenvalue weighted by Crippen LogP contribution is 2.27. The van der Waals surface area contributed by atoms with Gasteiger partial charge in [-0.05, 0) is 36.8 Å². The van der Waals surface area contributed by atoms with E-state index in [0.29, 0.717) is 16.8 Å². The van der Waals surface area contributed by atoms with Crippen molar-refractivity contribution in [2.45, 2.75) is 18.9 Å². The summed E-state index contributed by atoms with van der Waals surface area (Å²) in [6.07, 6.45) is 2.52. The van der Waals surface area contributed by atoms with Gasteiger partial charge < -0.3 is 11.1 Å². The Morgan fingerprint density at radius 3 is 3.00 bits per heavy atom. The van der Waals surface area contributed by atoms with Gasteiger partial charge in [-0.2, -0.15) is 11.8 Å². The SMILES string of the molecule is Nc1ccc(NC2CCCSC2)c(Cl)c1. The fourth-order valence-electron chi connectivity index (χ4n) is 1.72. The summed E-state index contributed by atoms with van der Waals surface area (Å²) in [4.78, 5) is 0. The molecule has 82 valence electrons. The van der Waals surface area contributed by atoms with Gasteiger partial charge in [-0.25, -0.2) is 0 Å². The largest absolute Gasteiger partial charge is 0.399 e. The molecule has 0 amide bonds. The number of rotatable bonds is 2. The Morgan fingerprint density at radius 2 is 2.33 bits per heavy atom. The van der Waals surface area contributed by atoms with Gasteiger partial charge in [-0.3, -0.25) is 0 Å². The predicted octanol–water partition coefficient (Wildman–Crippen LogP) is 3.23. The molecule has 0 aliphatic carbocycles. The molecule has 1 unspecified atom stereocenters. The Balaban J connectivity index is 2.03. The first kappa shape index (κ1) is 11.0. The third-order valence-electron chi connectivity index (χ3n) is 2.51. The molecule has 1 aliphatic heterocycles. The average molecular weight is 243 g/mol. The number of hydrogen-bond donors (Lipinski definition) is 2. The van der Waals surface area contributed by atoms with Gasteiger partial charge in [0.15, 0.2) is 0 Å². The Kier molecular flexibility index (Phi) is 3.65. The Bertz CT molecular complexity index is 337. The molecule has 0 spiro atoms. The smallest absolute Gasteiger partial charge is 0.0658 e. The highest BCUT2D eigenvalue weighted by Gasteiger charge is 2.14. The van der Waals surface area contributed by atoms with Crippen LogP contribution in [0.1, 0.15) is 12.8 Å². The zero-order valence-electron chi connectivity index (χ0n) is 8.50. The summed E-state index contributed by atoms with van der Waals surface area (Å²) >= 11 is 8.10. The lowest BCUT2D eigenvalue weighted by Crippen LogP contribution is -2.25. The van der Waals surface area contributed by atoms with Gasteiger partial charge in [0, 0.05) is 17.5 Å². The van der Waals surface area contributed by atoms with Gasteiger partial charge in [-0.1, -0.05) is 11.6 Å². The van der Waals surface area contributed by atoms with E-state index < -0.39 is 0 Å². The number of nitrogen functional groups attached to an aromatic ring is 1. The van der Waals surface area contributed by atoms with E-state index in [0.717, 1.165) is 5.69 Å². The molecule has 1 fully saturated rings. The highest BCUT2D eigenvalue weighted by atomic mass is 35.5. The van der Waals surface area contributed by atoms with Crippen molar-refractivity contribution in [2.24, 2.45) is 0 Å². The van der Waals surface area contributed by atoms with Crippen LogP contribution in [-0.2, 0) is 0 Å². The van der Waals surface area contributed by atoms with Gasteiger partial charge in [0.2, 0.25) is 0 Å². The predicted molar refractivity (Wildman–Crippen MR) is 69.8 cm³/mol. The maximum Gasteiger partial charge on any atom is 0.0658 e. The van der Waals surface area contributed by atoms with E-state index in [2.05, 4.69) is 5.32 Å². The van der Waals surface area contributed by atoms with Crippen molar-refractivity contribution in [1.82, 2.24) is 0 Å². The zero-order chi connectivity index (χ0) is 10.7. The van der Waals surface area contributed by atoms with Crippen LogP contribution in [0, 0.1) is 0 Å². The maximum atomic E-state index is 6.10. The summed E-state index contributed by atoms with van der Waals surface area (Å²) in [7, 11) is 0. The van der Waals surface area contributed by atoms with E-state index in [1.54, 1.807) is 6.07 Å². The molecule has 1 aliphatic rings. The third kappa shape index (κ3) is 2.95. The first-order valence-corrected chi connectivity index (χ1v) is 6.68. The molecule has 1 aromatic rings. The first-order valence-electron chi connectivity index (χ1n) is 5.15. The van der Waals surface area contributed by atoms with Crippen molar-refractivity contribution >= 4 is 34.7 Å². The number of benzene rings is 1. The van der Waals surface area contributed by atoms with Gasteiger partial charge in [0.1, 0.15) is 0 Å². The molecule has 1 atom stereocenters. The van der Waals surface area contributed by atoms with Gasteiger partial charge in [-0.15, -0.1) is 0 Å². The van der Waals surface area contributed by atoms with E-state index >= 15 is 0 Å². The average Bonchev–Trinajstić information content (AvgIpc) is 2.24. The van der Waals surface area contributed by atoms with Crippen molar-refractivity contribution in [1.29, 1.82) is 0 Å². The maximum absolute atomic E-state index is 6.10. The quantitative estimate of drug-likeness (QED) is 0.782. The van der Waals surface area contributed by atoms with E-state index in [1.165, 1.54) is 24.3 Å². The van der Waals surface area contributed by atoms with Crippen LogP contribution in [0.4, 0.5) is 11.4 Å². The van der Waals surface area contributed by atoms with Crippen LogP contribution in [0.25, 0.3) is 0 Å². The molecule has 0 aromatic heterocycles. The van der Waals surface area contributed by atoms with E-state index in [4.69, 9.17) is 17.3 Å². The fraction of sp³-hybridized carbons (Fsp3) is 0.455. The zero-order valence-corrected chi connectivity index (χ0v) is 10.1.